The summed E-state index contributed by atoms with van der Waals surface area (Å²) in [5, 5.41) is 7.21. The molecule has 0 aromatic rings. The average Bonchev–Trinajstić information content (AvgIpc) is 2.36. The molecule has 0 bridgehead atoms. The molecule has 124 valence electrons. The zero-order valence-electron chi connectivity index (χ0n) is 13.5. The summed E-state index contributed by atoms with van der Waals surface area (Å²) in [6.07, 6.45) is -0.163. The molecule has 0 radical (unpaired) electrons. The third-order valence-electron chi connectivity index (χ3n) is 2.91. The lowest BCUT2D eigenvalue weighted by molar-refractivity contribution is -0.133. The standard InChI is InChI=1S/C14H23N3O5/c1-7(18)6-12(17-11(5)20)14(22)16-9(3)13(21)15-8(2)10(4)19/h8-9,12H,6H2,1-5H3,(H,15,21)(H,16,22)(H,17,20)/t8-,9+,12+/m1/s1. The van der Waals surface area contributed by atoms with E-state index in [0.29, 0.717) is 0 Å². The Kier molecular flexibility index (Phi) is 8.00. The molecule has 0 saturated carbocycles. The maximum Gasteiger partial charge on any atom is 0.243 e. The molecule has 0 aromatic heterocycles. The fraction of sp³-hybridized carbons (Fsp3) is 0.643. The molecule has 0 aliphatic rings. The Morgan fingerprint density at radius 1 is 0.773 bits per heavy atom. The summed E-state index contributed by atoms with van der Waals surface area (Å²) in [7, 11) is 0. The van der Waals surface area contributed by atoms with Crippen molar-refractivity contribution in [3.05, 3.63) is 0 Å². The van der Waals surface area contributed by atoms with Crippen molar-refractivity contribution in [3.63, 3.8) is 0 Å². The van der Waals surface area contributed by atoms with Gasteiger partial charge in [-0.1, -0.05) is 0 Å². The third kappa shape index (κ3) is 7.51. The minimum absolute atomic E-state index is 0.163. The molecule has 0 aromatic carbocycles. The molecule has 0 fully saturated rings. The highest BCUT2D eigenvalue weighted by molar-refractivity contribution is 5.95. The van der Waals surface area contributed by atoms with E-state index in [-0.39, 0.29) is 18.0 Å². The van der Waals surface area contributed by atoms with E-state index in [1.165, 1.54) is 34.6 Å². The zero-order chi connectivity index (χ0) is 17.4. The highest BCUT2D eigenvalue weighted by Crippen LogP contribution is 1.96. The van der Waals surface area contributed by atoms with Crippen molar-refractivity contribution in [3.8, 4) is 0 Å². The number of nitrogens with one attached hydrogen (secondary N) is 3. The first-order valence-corrected chi connectivity index (χ1v) is 6.92. The topological polar surface area (TPSA) is 121 Å². The van der Waals surface area contributed by atoms with Crippen molar-refractivity contribution in [2.24, 2.45) is 0 Å². The van der Waals surface area contributed by atoms with E-state index in [4.69, 9.17) is 0 Å². The second kappa shape index (κ2) is 8.91. The Balaban J connectivity index is 4.69. The number of carbonyl (C=O) groups excluding carboxylic acids is 5. The van der Waals surface area contributed by atoms with Crippen molar-refractivity contribution in [2.45, 2.75) is 59.2 Å². The van der Waals surface area contributed by atoms with Crippen LogP contribution in [0.3, 0.4) is 0 Å². The summed E-state index contributed by atoms with van der Waals surface area (Å²) in [6, 6.07) is -2.59. The van der Waals surface area contributed by atoms with Crippen molar-refractivity contribution in [1.29, 1.82) is 0 Å². The van der Waals surface area contributed by atoms with Crippen LogP contribution < -0.4 is 16.0 Å². The normalized spacial score (nSPS) is 14.2. The van der Waals surface area contributed by atoms with Crippen molar-refractivity contribution >= 4 is 29.3 Å². The highest BCUT2D eigenvalue weighted by atomic mass is 16.2. The van der Waals surface area contributed by atoms with Crippen LogP contribution in [-0.4, -0.2) is 47.4 Å². The van der Waals surface area contributed by atoms with Crippen LogP contribution in [0.4, 0.5) is 0 Å². The second-order valence-electron chi connectivity index (χ2n) is 5.23. The molecule has 3 N–H and O–H groups in total. The van der Waals surface area contributed by atoms with Gasteiger partial charge in [0.15, 0.2) is 5.78 Å². The molecule has 0 heterocycles. The molecule has 0 spiro atoms. The van der Waals surface area contributed by atoms with E-state index in [0.717, 1.165) is 0 Å². The Morgan fingerprint density at radius 2 is 1.27 bits per heavy atom. The Hall–Kier alpha value is -2.25. The quantitative estimate of drug-likeness (QED) is 0.534. The van der Waals surface area contributed by atoms with Crippen molar-refractivity contribution in [1.82, 2.24) is 16.0 Å². The van der Waals surface area contributed by atoms with Gasteiger partial charge in [-0.3, -0.25) is 24.0 Å². The molecule has 0 rings (SSSR count). The van der Waals surface area contributed by atoms with Crippen molar-refractivity contribution < 1.29 is 24.0 Å². The minimum Gasteiger partial charge on any atom is -0.345 e. The summed E-state index contributed by atoms with van der Waals surface area (Å²) in [5.41, 5.74) is 0. The number of ketones is 2. The van der Waals surface area contributed by atoms with Gasteiger partial charge in [0.2, 0.25) is 17.7 Å². The van der Waals surface area contributed by atoms with Crippen LogP contribution in [0.2, 0.25) is 0 Å². The SMILES string of the molecule is CC(=O)C[C@H](NC(C)=O)C(=O)N[C@@H](C)C(=O)N[C@H](C)C(C)=O. The van der Waals surface area contributed by atoms with Crippen LogP contribution in [-0.2, 0) is 24.0 Å². The lowest BCUT2D eigenvalue weighted by Crippen LogP contribution is -2.54. The summed E-state index contributed by atoms with van der Waals surface area (Å²) in [4.78, 5) is 57.1. The van der Waals surface area contributed by atoms with Gasteiger partial charge in [0.25, 0.3) is 0 Å². The van der Waals surface area contributed by atoms with E-state index in [9.17, 15) is 24.0 Å². The fourth-order valence-electron chi connectivity index (χ4n) is 1.56. The van der Waals surface area contributed by atoms with E-state index in [2.05, 4.69) is 16.0 Å². The first-order chi connectivity index (χ1) is 10.0. The van der Waals surface area contributed by atoms with Crippen LogP contribution in [0.15, 0.2) is 0 Å². The van der Waals surface area contributed by atoms with Gasteiger partial charge in [-0.05, 0) is 27.7 Å². The van der Waals surface area contributed by atoms with Gasteiger partial charge in [-0.25, -0.2) is 0 Å². The smallest absolute Gasteiger partial charge is 0.243 e. The average molecular weight is 313 g/mol. The predicted molar refractivity (Wildman–Crippen MR) is 78.8 cm³/mol. The molecule has 22 heavy (non-hydrogen) atoms. The maximum atomic E-state index is 12.0. The number of amides is 3. The lowest BCUT2D eigenvalue weighted by atomic mass is 10.1. The van der Waals surface area contributed by atoms with Gasteiger partial charge >= 0.3 is 0 Å². The largest absolute Gasteiger partial charge is 0.345 e. The molecule has 3 amide bonds. The summed E-state index contributed by atoms with van der Waals surface area (Å²) in [5.74, 6) is -2.09. The summed E-state index contributed by atoms with van der Waals surface area (Å²) < 4.78 is 0. The Labute approximate surface area is 129 Å². The number of Topliss-reactive ketones (excluding diaryl/α,β-unsaturated/α-hetero) is 2. The van der Waals surface area contributed by atoms with Crippen LogP contribution in [0, 0.1) is 0 Å². The van der Waals surface area contributed by atoms with E-state index in [1.54, 1.807) is 0 Å². The fourth-order valence-corrected chi connectivity index (χ4v) is 1.56. The lowest BCUT2D eigenvalue weighted by Gasteiger charge is -2.21. The van der Waals surface area contributed by atoms with Gasteiger partial charge < -0.3 is 16.0 Å². The molecule has 8 nitrogen and oxygen atoms in total. The van der Waals surface area contributed by atoms with Crippen molar-refractivity contribution in [2.75, 3.05) is 0 Å². The Morgan fingerprint density at radius 3 is 1.68 bits per heavy atom. The second-order valence-corrected chi connectivity index (χ2v) is 5.23. The van der Waals surface area contributed by atoms with Gasteiger partial charge in [0.05, 0.1) is 6.04 Å². The summed E-state index contributed by atoms with van der Waals surface area (Å²) >= 11 is 0. The van der Waals surface area contributed by atoms with Gasteiger partial charge in [0, 0.05) is 13.3 Å². The van der Waals surface area contributed by atoms with Crippen LogP contribution in [0.1, 0.15) is 41.0 Å². The predicted octanol–water partition coefficient (Wildman–Crippen LogP) is -0.931. The molecule has 3 atom stereocenters. The number of hydrogen-bond donors (Lipinski definition) is 3. The monoisotopic (exact) mass is 313 g/mol. The molecule has 0 aliphatic carbocycles. The highest BCUT2D eigenvalue weighted by Gasteiger charge is 2.25. The molecular formula is C14H23N3O5. The number of carbonyl (C=O) groups is 5. The molecule has 0 unspecified atom stereocenters. The maximum absolute atomic E-state index is 12.0. The molecular weight excluding hydrogens is 290 g/mol. The minimum atomic E-state index is -1.03. The van der Waals surface area contributed by atoms with Crippen LogP contribution >= 0.6 is 0 Å². The van der Waals surface area contributed by atoms with E-state index in [1.807, 2.05) is 0 Å². The summed E-state index contributed by atoms with van der Waals surface area (Å²) in [6.45, 7) is 6.84. The third-order valence-corrected chi connectivity index (χ3v) is 2.91. The number of hydrogen-bond acceptors (Lipinski definition) is 5. The van der Waals surface area contributed by atoms with Crippen LogP contribution in [0.5, 0.6) is 0 Å². The van der Waals surface area contributed by atoms with E-state index >= 15 is 0 Å². The van der Waals surface area contributed by atoms with Gasteiger partial charge in [0.1, 0.15) is 17.9 Å². The van der Waals surface area contributed by atoms with E-state index < -0.39 is 35.8 Å². The Bertz CT molecular complexity index is 459. The zero-order valence-corrected chi connectivity index (χ0v) is 13.5. The first kappa shape index (κ1) is 19.8. The van der Waals surface area contributed by atoms with Crippen LogP contribution in [0.25, 0.3) is 0 Å². The number of rotatable bonds is 8. The molecule has 0 saturated heterocycles. The first-order valence-electron chi connectivity index (χ1n) is 6.92. The van der Waals surface area contributed by atoms with Gasteiger partial charge in [-0.2, -0.15) is 0 Å². The molecule has 8 heteroatoms. The van der Waals surface area contributed by atoms with Gasteiger partial charge in [-0.15, -0.1) is 0 Å². The molecule has 0 aliphatic heterocycles.